The van der Waals surface area contributed by atoms with Crippen molar-refractivity contribution in [2.75, 3.05) is 34.7 Å². The van der Waals surface area contributed by atoms with Crippen molar-refractivity contribution >= 4 is 15.9 Å². The maximum absolute atomic E-state index is 12.7. The molecule has 0 fully saturated rings. The van der Waals surface area contributed by atoms with Crippen LogP contribution in [-0.4, -0.2) is 64.9 Å². The van der Waals surface area contributed by atoms with Gasteiger partial charge in [-0.25, -0.2) is 13.1 Å². The van der Waals surface area contributed by atoms with E-state index in [1.807, 2.05) is 39.8 Å². The van der Waals surface area contributed by atoms with Gasteiger partial charge in [-0.15, -0.1) is 0 Å². The number of hydrogen-bond donors (Lipinski definition) is 1. The van der Waals surface area contributed by atoms with Crippen LogP contribution in [0.1, 0.15) is 31.1 Å². The topological polar surface area (TPSA) is 69.7 Å². The van der Waals surface area contributed by atoms with Crippen LogP contribution in [0.2, 0.25) is 0 Å². The summed E-state index contributed by atoms with van der Waals surface area (Å²) < 4.78 is 28.1. The van der Waals surface area contributed by atoms with Gasteiger partial charge in [0.15, 0.2) is 0 Å². The molecular weight excluding hydrogens is 326 g/mol. The molecule has 1 rings (SSSR count). The van der Waals surface area contributed by atoms with Gasteiger partial charge in [-0.1, -0.05) is 19.9 Å². The Hall–Kier alpha value is -1.44. The minimum absolute atomic E-state index is 0.0997. The van der Waals surface area contributed by atoms with Crippen LogP contribution < -0.4 is 4.72 Å². The Balaban J connectivity index is 3.05. The molecule has 1 atom stereocenters. The van der Waals surface area contributed by atoms with Gasteiger partial charge < -0.3 is 9.80 Å². The van der Waals surface area contributed by atoms with Crippen LogP contribution >= 0.6 is 0 Å². The highest BCUT2D eigenvalue weighted by molar-refractivity contribution is 7.89. The monoisotopic (exact) mass is 355 g/mol. The molecule has 0 aliphatic heterocycles. The van der Waals surface area contributed by atoms with Crippen LogP contribution in [0.4, 0.5) is 0 Å². The van der Waals surface area contributed by atoms with Crippen LogP contribution in [0, 0.1) is 5.41 Å². The lowest BCUT2D eigenvalue weighted by molar-refractivity contribution is 0.0827. The van der Waals surface area contributed by atoms with Crippen LogP contribution in [0.3, 0.4) is 0 Å². The zero-order valence-electron chi connectivity index (χ0n) is 15.6. The summed E-state index contributed by atoms with van der Waals surface area (Å²) in [5.41, 5.74) is 0.108. The Kier molecular flexibility index (Phi) is 6.55. The maximum atomic E-state index is 12.7. The normalized spacial score (nSPS) is 13.8. The van der Waals surface area contributed by atoms with Gasteiger partial charge in [0.25, 0.3) is 5.91 Å². The predicted octanol–water partition coefficient (Wildman–Crippen LogP) is 1.64. The number of amides is 1. The van der Waals surface area contributed by atoms with Crippen molar-refractivity contribution in [3.63, 3.8) is 0 Å². The molecular formula is C17H29N3O3S. The largest absolute Gasteiger partial charge is 0.345 e. The molecule has 0 aliphatic rings. The first kappa shape index (κ1) is 20.6. The van der Waals surface area contributed by atoms with E-state index < -0.39 is 10.0 Å². The van der Waals surface area contributed by atoms with Crippen LogP contribution in [-0.2, 0) is 10.0 Å². The van der Waals surface area contributed by atoms with Crippen molar-refractivity contribution in [2.45, 2.75) is 31.7 Å². The molecule has 0 heterocycles. The molecule has 0 spiro atoms. The molecule has 24 heavy (non-hydrogen) atoms. The van der Waals surface area contributed by atoms with Gasteiger partial charge >= 0.3 is 0 Å². The molecule has 1 aromatic rings. The molecule has 1 amide bonds. The molecule has 0 aliphatic carbocycles. The van der Waals surface area contributed by atoms with Crippen molar-refractivity contribution in [1.29, 1.82) is 0 Å². The van der Waals surface area contributed by atoms with Crippen LogP contribution in [0.15, 0.2) is 29.2 Å². The van der Waals surface area contributed by atoms with E-state index in [0.717, 1.165) is 6.54 Å². The van der Waals surface area contributed by atoms with Crippen molar-refractivity contribution in [1.82, 2.24) is 14.5 Å². The molecule has 6 nitrogen and oxygen atoms in total. The van der Waals surface area contributed by atoms with Crippen LogP contribution in [0.25, 0.3) is 0 Å². The lowest BCUT2D eigenvalue weighted by Gasteiger charge is -2.34. The summed E-state index contributed by atoms with van der Waals surface area (Å²) >= 11 is 0. The van der Waals surface area contributed by atoms with Gasteiger partial charge in [0.05, 0.1) is 4.90 Å². The first-order valence-electron chi connectivity index (χ1n) is 7.85. The summed E-state index contributed by atoms with van der Waals surface area (Å²) in [5.74, 6) is -0.229. The molecule has 0 saturated heterocycles. The quantitative estimate of drug-likeness (QED) is 0.807. The zero-order chi connectivity index (χ0) is 18.7. The summed E-state index contributed by atoms with van der Waals surface area (Å²) in [4.78, 5) is 15.6. The Morgan fingerprint density at radius 1 is 1.21 bits per heavy atom. The van der Waals surface area contributed by atoms with Gasteiger partial charge in [0.1, 0.15) is 0 Å². The SMILES string of the molecule is C[C@H](NS(=O)(=O)c1cccc(C(=O)N(C)C)c1)C(C)(C)CN(C)C. The minimum atomic E-state index is -3.70. The molecule has 0 unspecified atom stereocenters. The molecule has 0 radical (unpaired) electrons. The standard InChI is InChI=1S/C17H29N3O3S/c1-13(17(2,3)12-19(4)5)18-24(22,23)15-10-8-9-14(11-15)16(21)20(6)7/h8-11,13,18H,12H2,1-7H3/t13-/m0/s1. The number of hydrogen-bond acceptors (Lipinski definition) is 4. The van der Waals surface area contributed by atoms with Crippen molar-refractivity contribution in [3.8, 4) is 0 Å². The Morgan fingerprint density at radius 3 is 2.29 bits per heavy atom. The summed E-state index contributed by atoms with van der Waals surface area (Å²) in [6.45, 7) is 6.64. The average molecular weight is 356 g/mol. The van der Waals surface area contributed by atoms with Gasteiger partial charge in [0.2, 0.25) is 10.0 Å². The van der Waals surface area contributed by atoms with Crippen molar-refractivity contribution in [2.24, 2.45) is 5.41 Å². The van der Waals surface area contributed by atoms with E-state index in [1.54, 1.807) is 26.2 Å². The number of nitrogens with one attached hydrogen (secondary N) is 1. The number of sulfonamides is 1. The lowest BCUT2D eigenvalue weighted by atomic mass is 9.85. The summed E-state index contributed by atoms with van der Waals surface area (Å²) in [6, 6.07) is 5.84. The van der Waals surface area contributed by atoms with E-state index >= 15 is 0 Å². The zero-order valence-corrected chi connectivity index (χ0v) is 16.4. The molecule has 1 N–H and O–H groups in total. The molecule has 0 saturated carbocycles. The highest BCUT2D eigenvalue weighted by Gasteiger charge is 2.30. The molecule has 1 aromatic carbocycles. The second-order valence-corrected chi connectivity index (χ2v) is 9.01. The van der Waals surface area contributed by atoms with Crippen molar-refractivity contribution in [3.05, 3.63) is 29.8 Å². The second-order valence-electron chi connectivity index (χ2n) is 7.30. The fourth-order valence-electron chi connectivity index (χ4n) is 2.47. The van der Waals surface area contributed by atoms with E-state index in [0.29, 0.717) is 5.56 Å². The number of carbonyl (C=O) groups excluding carboxylic acids is 1. The van der Waals surface area contributed by atoms with Crippen LogP contribution in [0.5, 0.6) is 0 Å². The van der Waals surface area contributed by atoms with E-state index in [-0.39, 0.29) is 22.3 Å². The fourth-order valence-corrected chi connectivity index (χ4v) is 3.93. The van der Waals surface area contributed by atoms with Gasteiger partial charge in [-0.2, -0.15) is 0 Å². The van der Waals surface area contributed by atoms with E-state index in [1.165, 1.54) is 17.0 Å². The second kappa shape index (κ2) is 7.63. The molecule has 0 bridgehead atoms. The third-order valence-corrected chi connectivity index (χ3v) is 5.56. The number of benzene rings is 1. The number of rotatable bonds is 7. The summed E-state index contributed by atoms with van der Waals surface area (Å²) in [6.07, 6.45) is 0. The number of carbonyl (C=O) groups is 1. The number of nitrogens with zero attached hydrogens (tertiary/aromatic N) is 2. The van der Waals surface area contributed by atoms with E-state index in [2.05, 4.69) is 4.72 Å². The molecule has 7 heteroatoms. The Morgan fingerprint density at radius 2 is 1.79 bits per heavy atom. The highest BCUT2D eigenvalue weighted by Crippen LogP contribution is 2.23. The maximum Gasteiger partial charge on any atom is 0.253 e. The predicted molar refractivity (Wildman–Crippen MR) is 96.6 cm³/mol. The lowest BCUT2D eigenvalue weighted by Crippen LogP contribution is -2.47. The van der Waals surface area contributed by atoms with Gasteiger partial charge in [-0.05, 0) is 44.6 Å². The van der Waals surface area contributed by atoms with Gasteiger partial charge in [0, 0.05) is 32.2 Å². The van der Waals surface area contributed by atoms with E-state index in [9.17, 15) is 13.2 Å². The molecule has 136 valence electrons. The summed E-state index contributed by atoms with van der Waals surface area (Å²) in [7, 11) is 3.48. The average Bonchev–Trinajstić information content (AvgIpc) is 2.44. The minimum Gasteiger partial charge on any atom is -0.345 e. The Labute approximate surface area is 145 Å². The van der Waals surface area contributed by atoms with Crippen molar-refractivity contribution < 1.29 is 13.2 Å². The smallest absolute Gasteiger partial charge is 0.253 e. The first-order valence-corrected chi connectivity index (χ1v) is 9.34. The Bertz CT molecular complexity index is 682. The third kappa shape index (κ3) is 5.29. The van der Waals surface area contributed by atoms with E-state index in [4.69, 9.17) is 0 Å². The highest BCUT2D eigenvalue weighted by atomic mass is 32.2. The first-order chi connectivity index (χ1) is 10.9. The summed E-state index contributed by atoms with van der Waals surface area (Å²) in [5, 5.41) is 0. The molecule has 0 aromatic heterocycles. The third-order valence-electron chi connectivity index (χ3n) is 4.03. The van der Waals surface area contributed by atoms with Gasteiger partial charge in [-0.3, -0.25) is 4.79 Å². The fraction of sp³-hybridized carbons (Fsp3) is 0.588.